The third kappa shape index (κ3) is 3.63. The number of hydrogen-bond donors (Lipinski definition) is 1. The number of benzene rings is 2. The number of nitrogens with zero attached hydrogens (tertiary/aromatic N) is 1. The Morgan fingerprint density at radius 3 is 2.32 bits per heavy atom. The molecule has 0 atom stereocenters. The first-order valence-corrected chi connectivity index (χ1v) is 10.6. The van der Waals surface area contributed by atoms with Gasteiger partial charge in [-0.2, -0.15) is 0 Å². The highest BCUT2D eigenvalue weighted by atomic mass is 35.5. The molecule has 3 rings (SSSR count). The third-order valence-electron chi connectivity index (χ3n) is 3.54. The van der Waals surface area contributed by atoms with Crippen LogP contribution in [0, 0.1) is 0 Å². The highest BCUT2D eigenvalue weighted by Gasteiger charge is 2.36. The lowest BCUT2D eigenvalue weighted by Crippen LogP contribution is -2.29. The van der Waals surface area contributed by atoms with Gasteiger partial charge in [-0.3, -0.25) is 9.52 Å². The van der Waals surface area contributed by atoms with Crippen LogP contribution in [0.15, 0.2) is 53.4 Å². The summed E-state index contributed by atoms with van der Waals surface area (Å²) in [6.07, 6.45) is -0.0846. The minimum Gasteiger partial charge on any atom is -0.280 e. The fraction of sp³-hybridized carbons (Fsp3) is 0.133. The summed E-state index contributed by atoms with van der Waals surface area (Å²) in [4.78, 5) is 11.7. The van der Waals surface area contributed by atoms with E-state index < -0.39 is 26.0 Å². The molecule has 25 heavy (non-hydrogen) atoms. The number of rotatable bonds is 4. The molecule has 1 N–H and O–H groups in total. The minimum absolute atomic E-state index is 0.0692. The first kappa shape index (κ1) is 17.7. The number of halogens is 1. The van der Waals surface area contributed by atoms with Gasteiger partial charge in [-0.1, -0.05) is 17.7 Å². The SMILES string of the molecule is O=C1CCS(=O)(=O)N1c1ccc(S(=O)(=O)Nc2cccc(Cl)c2)cc1. The monoisotopic (exact) mass is 400 g/mol. The molecule has 132 valence electrons. The van der Waals surface area contributed by atoms with E-state index in [1.807, 2.05) is 0 Å². The van der Waals surface area contributed by atoms with Crippen LogP contribution in [-0.2, 0) is 24.8 Å². The van der Waals surface area contributed by atoms with Crippen molar-refractivity contribution in [2.45, 2.75) is 11.3 Å². The highest BCUT2D eigenvalue weighted by Crippen LogP contribution is 2.27. The molecule has 0 radical (unpaired) electrons. The van der Waals surface area contributed by atoms with Gasteiger partial charge in [0.05, 0.1) is 22.0 Å². The van der Waals surface area contributed by atoms with Gasteiger partial charge in [-0.15, -0.1) is 0 Å². The van der Waals surface area contributed by atoms with Gasteiger partial charge in [0.1, 0.15) is 0 Å². The molecule has 0 bridgehead atoms. The van der Waals surface area contributed by atoms with Crippen LogP contribution in [0.4, 0.5) is 11.4 Å². The van der Waals surface area contributed by atoms with Crippen molar-refractivity contribution in [3.05, 3.63) is 53.6 Å². The summed E-state index contributed by atoms with van der Waals surface area (Å²) in [7, 11) is -7.56. The van der Waals surface area contributed by atoms with Crippen LogP contribution in [0.25, 0.3) is 0 Å². The van der Waals surface area contributed by atoms with Crippen molar-refractivity contribution in [1.29, 1.82) is 0 Å². The van der Waals surface area contributed by atoms with Gasteiger partial charge < -0.3 is 0 Å². The minimum atomic E-state index is -3.87. The highest BCUT2D eigenvalue weighted by molar-refractivity contribution is 7.94. The van der Waals surface area contributed by atoms with Crippen LogP contribution in [0.2, 0.25) is 5.02 Å². The number of amides is 1. The molecule has 0 aromatic heterocycles. The zero-order valence-corrected chi connectivity index (χ0v) is 15.1. The number of carbonyl (C=O) groups is 1. The summed E-state index contributed by atoms with van der Waals surface area (Å²) in [6.45, 7) is 0. The van der Waals surface area contributed by atoms with E-state index in [0.717, 1.165) is 0 Å². The van der Waals surface area contributed by atoms with Gasteiger partial charge in [-0.05, 0) is 42.5 Å². The Morgan fingerprint density at radius 1 is 1.08 bits per heavy atom. The van der Waals surface area contributed by atoms with Crippen molar-refractivity contribution in [2.75, 3.05) is 14.8 Å². The molecule has 2 aromatic carbocycles. The second kappa shape index (κ2) is 6.32. The molecular weight excluding hydrogens is 388 g/mol. The molecular formula is C15H13ClN2O5S2. The van der Waals surface area contributed by atoms with Crippen LogP contribution in [0.3, 0.4) is 0 Å². The first-order valence-electron chi connectivity index (χ1n) is 7.13. The molecule has 1 amide bonds. The molecule has 1 aliphatic rings. The van der Waals surface area contributed by atoms with Crippen molar-refractivity contribution < 1.29 is 21.6 Å². The maximum absolute atomic E-state index is 12.4. The summed E-state index contributed by atoms with van der Waals surface area (Å²) in [6, 6.07) is 11.3. The molecule has 2 aromatic rings. The molecule has 0 spiro atoms. The number of carbonyl (C=O) groups excluding carboxylic acids is 1. The Bertz CT molecular complexity index is 1030. The predicted molar refractivity (Wildman–Crippen MR) is 94.6 cm³/mol. The van der Waals surface area contributed by atoms with Gasteiger partial charge >= 0.3 is 0 Å². The van der Waals surface area contributed by atoms with Crippen LogP contribution >= 0.6 is 11.6 Å². The lowest BCUT2D eigenvalue weighted by Gasteiger charge is -2.15. The molecule has 0 aliphatic carbocycles. The summed E-state index contributed by atoms with van der Waals surface area (Å²) in [5.74, 6) is -0.782. The lowest BCUT2D eigenvalue weighted by molar-refractivity contribution is -0.116. The molecule has 1 aliphatic heterocycles. The number of nitrogens with one attached hydrogen (secondary N) is 1. The van der Waals surface area contributed by atoms with Crippen molar-refractivity contribution in [1.82, 2.24) is 0 Å². The Labute approximate surface area is 150 Å². The van der Waals surface area contributed by atoms with Crippen LogP contribution in [-0.4, -0.2) is 28.5 Å². The molecule has 1 saturated heterocycles. The largest absolute Gasteiger partial charge is 0.280 e. The first-order chi connectivity index (χ1) is 11.7. The van der Waals surface area contributed by atoms with E-state index >= 15 is 0 Å². The van der Waals surface area contributed by atoms with Crippen molar-refractivity contribution in [3.8, 4) is 0 Å². The van der Waals surface area contributed by atoms with Gasteiger partial charge in [0, 0.05) is 11.4 Å². The zero-order chi connectivity index (χ0) is 18.2. The van der Waals surface area contributed by atoms with Crippen LogP contribution in [0.1, 0.15) is 6.42 Å². The smallest absolute Gasteiger partial charge is 0.261 e. The van der Waals surface area contributed by atoms with Gasteiger partial charge in [0.15, 0.2) is 0 Å². The van der Waals surface area contributed by atoms with Gasteiger partial charge in [-0.25, -0.2) is 21.1 Å². The topological polar surface area (TPSA) is 101 Å². The van der Waals surface area contributed by atoms with E-state index in [0.29, 0.717) is 15.0 Å². The van der Waals surface area contributed by atoms with Gasteiger partial charge in [0.25, 0.3) is 10.0 Å². The Balaban J connectivity index is 1.88. The summed E-state index contributed by atoms with van der Waals surface area (Å²) in [5, 5.41) is 0.383. The van der Waals surface area contributed by atoms with E-state index in [2.05, 4.69) is 4.72 Å². The Hall–Kier alpha value is -2.10. The molecule has 0 unspecified atom stereocenters. The summed E-state index contributed by atoms with van der Waals surface area (Å²) >= 11 is 5.82. The lowest BCUT2D eigenvalue weighted by atomic mass is 10.3. The second-order valence-corrected chi connectivity index (χ2v) is 9.39. The Kier molecular flexibility index (Phi) is 4.48. The maximum atomic E-state index is 12.4. The van der Waals surface area contributed by atoms with E-state index in [4.69, 9.17) is 11.6 Å². The van der Waals surface area contributed by atoms with Crippen molar-refractivity contribution in [2.24, 2.45) is 0 Å². The second-order valence-electron chi connectivity index (χ2n) is 5.33. The van der Waals surface area contributed by atoms with E-state index in [-0.39, 0.29) is 22.8 Å². The number of anilines is 2. The molecule has 1 heterocycles. The normalized spacial score (nSPS) is 16.8. The van der Waals surface area contributed by atoms with Crippen LogP contribution in [0.5, 0.6) is 0 Å². The Morgan fingerprint density at radius 2 is 1.76 bits per heavy atom. The quantitative estimate of drug-likeness (QED) is 0.847. The molecule has 0 saturated carbocycles. The third-order valence-corrected chi connectivity index (χ3v) is 6.86. The average molecular weight is 401 g/mol. The predicted octanol–water partition coefficient (Wildman–Crippen LogP) is 2.21. The fourth-order valence-corrected chi connectivity index (χ4v) is 5.09. The molecule has 10 heteroatoms. The van der Waals surface area contributed by atoms with E-state index in [1.165, 1.54) is 30.3 Å². The molecule has 7 nitrogen and oxygen atoms in total. The van der Waals surface area contributed by atoms with E-state index in [1.54, 1.807) is 18.2 Å². The van der Waals surface area contributed by atoms with Crippen molar-refractivity contribution in [3.63, 3.8) is 0 Å². The number of hydrogen-bond acceptors (Lipinski definition) is 5. The number of sulfonamides is 2. The van der Waals surface area contributed by atoms with Crippen LogP contribution < -0.4 is 9.03 Å². The zero-order valence-electron chi connectivity index (χ0n) is 12.7. The standard InChI is InChI=1S/C15H13ClN2O5S2/c16-11-2-1-3-12(10-11)17-25(22,23)14-6-4-13(5-7-14)18-15(19)8-9-24(18,20)21/h1-7,10,17H,8-9H2. The summed E-state index contributed by atoms with van der Waals surface area (Å²) in [5.41, 5.74) is 0.415. The fourth-order valence-electron chi connectivity index (χ4n) is 2.40. The summed E-state index contributed by atoms with van der Waals surface area (Å²) < 4.78 is 51.6. The average Bonchev–Trinajstić information content (AvgIpc) is 2.80. The maximum Gasteiger partial charge on any atom is 0.261 e. The van der Waals surface area contributed by atoms with Gasteiger partial charge in [0.2, 0.25) is 15.9 Å². The van der Waals surface area contributed by atoms with Crippen molar-refractivity contribution >= 4 is 48.9 Å². The molecule has 1 fully saturated rings. The van der Waals surface area contributed by atoms with E-state index in [9.17, 15) is 21.6 Å².